The second-order valence-corrected chi connectivity index (χ2v) is 4.62. The molecule has 0 aromatic carbocycles. The number of esters is 1. The quantitative estimate of drug-likeness (QED) is 0.348. The predicted octanol–water partition coefficient (Wildman–Crippen LogP) is -2.79. The number of aliphatic carboxylic acids is 1. The van der Waals surface area contributed by atoms with Gasteiger partial charge in [0.05, 0.1) is 7.11 Å². The molecule has 0 spiro atoms. The number of hydrogen-bond donors (Lipinski definition) is 1. The fourth-order valence-corrected chi connectivity index (χ4v) is 2.19. The Hall–Kier alpha value is -0.820. The zero-order valence-corrected chi connectivity index (χ0v) is 14.0. The van der Waals surface area contributed by atoms with Gasteiger partial charge in [-0.05, 0) is 23.9 Å². The number of carbonyl (C=O) groups excluding carboxylic acids is 2. The standard InChI is InChI=1S/C12H15NO4S.Na/c1-8(5-12(16)17-2)13-7-10-9(3-4-18-10)6-11(14)15;/h3-5,13H,6-7H2,1-2H3,(H,14,15);/q;+1/p-1. The summed E-state index contributed by atoms with van der Waals surface area (Å²) in [5.41, 5.74) is 1.40. The first-order chi connectivity index (χ1) is 8.52. The zero-order valence-electron chi connectivity index (χ0n) is 11.2. The number of hydrogen-bond acceptors (Lipinski definition) is 6. The summed E-state index contributed by atoms with van der Waals surface area (Å²) in [6.45, 7) is 2.21. The Morgan fingerprint density at radius 1 is 1.53 bits per heavy atom. The van der Waals surface area contributed by atoms with E-state index in [1.165, 1.54) is 24.5 Å². The average Bonchev–Trinajstić information content (AvgIpc) is 2.72. The summed E-state index contributed by atoms with van der Waals surface area (Å²) in [4.78, 5) is 22.4. The van der Waals surface area contributed by atoms with Crippen LogP contribution in [0.3, 0.4) is 0 Å². The Labute approximate surface area is 137 Å². The van der Waals surface area contributed by atoms with Gasteiger partial charge in [-0.15, -0.1) is 11.3 Å². The first-order valence-corrected chi connectivity index (χ1v) is 6.16. The minimum absolute atomic E-state index is 0. The van der Waals surface area contributed by atoms with Gasteiger partial charge in [0, 0.05) is 35.6 Å². The van der Waals surface area contributed by atoms with Crippen LogP contribution in [-0.2, 0) is 27.3 Å². The maximum absolute atomic E-state index is 11.0. The molecule has 0 saturated carbocycles. The summed E-state index contributed by atoms with van der Waals surface area (Å²) in [7, 11) is 1.31. The van der Waals surface area contributed by atoms with Crippen LogP contribution in [0.4, 0.5) is 0 Å². The summed E-state index contributed by atoms with van der Waals surface area (Å²) in [5.74, 6) is -1.53. The number of nitrogens with one attached hydrogen (secondary N) is 1. The largest absolute Gasteiger partial charge is 1.00 e. The van der Waals surface area contributed by atoms with E-state index >= 15 is 0 Å². The monoisotopic (exact) mass is 291 g/mol. The third kappa shape index (κ3) is 6.77. The Morgan fingerprint density at radius 3 is 2.79 bits per heavy atom. The van der Waals surface area contributed by atoms with Crippen LogP contribution >= 0.6 is 11.3 Å². The van der Waals surface area contributed by atoms with Crippen molar-refractivity contribution >= 4 is 23.3 Å². The molecule has 0 saturated heterocycles. The number of allylic oxidation sites excluding steroid dienone is 1. The second-order valence-electron chi connectivity index (χ2n) is 3.62. The molecule has 1 N–H and O–H groups in total. The first-order valence-electron chi connectivity index (χ1n) is 5.28. The second kappa shape index (κ2) is 9.14. The average molecular weight is 291 g/mol. The number of carbonyl (C=O) groups is 2. The van der Waals surface area contributed by atoms with Crippen LogP contribution in [0.1, 0.15) is 17.4 Å². The molecule has 0 amide bonds. The predicted molar refractivity (Wildman–Crippen MR) is 65.6 cm³/mol. The van der Waals surface area contributed by atoms with Gasteiger partial charge in [-0.2, -0.15) is 0 Å². The zero-order chi connectivity index (χ0) is 13.5. The van der Waals surface area contributed by atoms with Crippen molar-refractivity contribution in [3.8, 4) is 0 Å². The van der Waals surface area contributed by atoms with E-state index < -0.39 is 11.9 Å². The molecular weight excluding hydrogens is 277 g/mol. The molecule has 1 rings (SSSR count). The fourth-order valence-electron chi connectivity index (χ4n) is 1.34. The molecule has 19 heavy (non-hydrogen) atoms. The number of thiophene rings is 1. The maximum Gasteiger partial charge on any atom is 1.00 e. The molecule has 98 valence electrons. The third-order valence-corrected chi connectivity index (χ3v) is 3.20. The van der Waals surface area contributed by atoms with E-state index in [1.807, 2.05) is 5.38 Å². The molecule has 7 heteroatoms. The molecule has 0 unspecified atom stereocenters. The molecule has 1 aromatic heterocycles. The smallest absolute Gasteiger partial charge is 0.550 e. The van der Waals surface area contributed by atoms with Gasteiger partial charge in [0.2, 0.25) is 0 Å². The Balaban J connectivity index is 0.00000324. The summed E-state index contributed by atoms with van der Waals surface area (Å²) < 4.78 is 4.50. The van der Waals surface area contributed by atoms with Gasteiger partial charge < -0.3 is 20.0 Å². The number of methoxy groups -OCH3 is 1. The molecule has 1 aromatic rings. The molecule has 0 fully saturated rings. The van der Waals surface area contributed by atoms with Crippen molar-refractivity contribution in [3.05, 3.63) is 33.7 Å². The molecule has 1 heterocycles. The molecule has 0 aliphatic carbocycles. The summed E-state index contributed by atoms with van der Waals surface area (Å²) >= 11 is 1.46. The topological polar surface area (TPSA) is 78.5 Å². The van der Waals surface area contributed by atoms with Crippen LogP contribution in [0.15, 0.2) is 23.2 Å². The summed E-state index contributed by atoms with van der Waals surface area (Å²) in [5, 5.41) is 15.4. The van der Waals surface area contributed by atoms with Crippen LogP contribution in [0.25, 0.3) is 0 Å². The van der Waals surface area contributed by atoms with Gasteiger partial charge in [0.25, 0.3) is 0 Å². The third-order valence-electron chi connectivity index (χ3n) is 2.24. The Morgan fingerprint density at radius 2 is 2.21 bits per heavy atom. The molecule has 0 aliphatic heterocycles. The van der Waals surface area contributed by atoms with Crippen molar-refractivity contribution in [2.45, 2.75) is 19.9 Å². The molecular formula is C12H14NNaO4S. The van der Waals surface area contributed by atoms with Crippen molar-refractivity contribution in [1.82, 2.24) is 5.32 Å². The summed E-state index contributed by atoms with van der Waals surface area (Å²) in [6.07, 6.45) is 1.24. The minimum Gasteiger partial charge on any atom is -0.550 e. The maximum atomic E-state index is 11.0. The Bertz CT molecular complexity index is 470. The SMILES string of the molecule is COC(=O)C=C(C)NCc1sccc1CC(=O)[O-].[Na+]. The number of carboxylic acids is 1. The van der Waals surface area contributed by atoms with Crippen LogP contribution < -0.4 is 40.0 Å². The van der Waals surface area contributed by atoms with Crippen molar-refractivity contribution in [3.63, 3.8) is 0 Å². The van der Waals surface area contributed by atoms with Gasteiger partial charge in [-0.25, -0.2) is 4.79 Å². The van der Waals surface area contributed by atoms with Gasteiger partial charge in [-0.3, -0.25) is 0 Å². The van der Waals surface area contributed by atoms with Crippen LogP contribution in [0.5, 0.6) is 0 Å². The van der Waals surface area contributed by atoms with Crippen molar-refractivity contribution < 1.29 is 49.0 Å². The first kappa shape index (κ1) is 18.2. The van der Waals surface area contributed by atoms with E-state index in [1.54, 1.807) is 13.0 Å². The number of rotatable bonds is 6. The molecule has 0 radical (unpaired) electrons. The Kier molecular flexibility index (Phi) is 8.75. The molecule has 0 bridgehead atoms. The number of ether oxygens (including phenoxy) is 1. The number of carboxylic acid groups (broad SMARTS) is 1. The van der Waals surface area contributed by atoms with Crippen LogP contribution in [-0.4, -0.2) is 19.0 Å². The van der Waals surface area contributed by atoms with E-state index in [0.717, 1.165) is 10.4 Å². The van der Waals surface area contributed by atoms with Gasteiger partial charge in [-0.1, -0.05) is 0 Å². The van der Waals surface area contributed by atoms with Crippen molar-refractivity contribution in [2.24, 2.45) is 0 Å². The molecule has 5 nitrogen and oxygen atoms in total. The van der Waals surface area contributed by atoms with Gasteiger partial charge in [0.15, 0.2) is 0 Å². The van der Waals surface area contributed by atoms with E-state index in [2.05, 4.69) is 10.1 Å². The van der Waals surface area contributed by atoms with E-state index in [9.17, 15) is 14.7 Å². The van der Waals surface area contributed by atoms with E-state index in [4.69, 9.17) is 0 Å². The van der Waals surface area contributed by atoms with Crippen LogP contribution in [0, 0.1) is 0 Å². The molecule has 0 aliphatic rings. The van der Waals surface area contributed by atoms with Gasteiger partial charge >= 0.3 is 35.5 Å². The molecule has 0 atom stereocenters. The fraction of sp³-hybridized carbons (Fsp3) is 0.333. The summed E-state index contributed by atoms with van der Waals surface area (Å²) in [6, 6.07) is 1.76. The van der Waals surface area contributed by atoms with E-state index in [0.29, 0.717) is 12.2 Å². The van der Waals surface area contributed by atoms with Crippen molar-refractivity contribution in [2.75, 3.05) is 7.11 Å². The van der Waals surface area contributed by atoms with Gasteiger partial charge in [0.1, 0.15) is 0 Å². The normalized spacial score (nSPS) is 10.5. The van der Waals surface area contributed by atoms with Crippen molar-refractivity contribution in [1.29, 1.82) is 0 Å². The van der Waals surface area contributed by atoms with Crippen LogP contribution in [0.2, 0.25) is 0 Å². The minimum atomic E-state index is -1.10. The van der Waals surface area contributed by atoms with E-state index in [-0.39, 0.29) is 36.0 Å².